The van der Waals surface area contributed by atoms with Gasteiger partial charge in [0.05, 0.1) is 0 Å². The number of hydrogen-bond acceptors (Lipinski definition) is 1. The lowest BCUT2D eigenvalue weighted by atomic mass is 9.90. The topological polar surface area (TPSA) is 41.8 Å². The Balaban J connectivity index is 2.56. The zero-order chi connectivity index (χ0) is 11.7. The van der Waals surface area contributed by atoms with E-state index in [0.717, 1.165) is 0 Å². The summed E-state index contributed by atoms with van der Waals surface area (Å²) in [5.74, 6) is 0.990. The largest absolute Gasteiger partial charge is 0.358 e. The van der Waals surface area contributed by atoms with E-state index >= 15 is 0 Å². The fourth-order valence-electron chi connectivity index (χ4n) is 2.40. The Kier molecular flexibility index (Phi) is 3.01. The molecule has 0 spiro atoms. The third-order valence-electron chi connectivity index (χ3n) is 3.43. The summed E-state index contributed by atoms with van der Waals surface area (Å²) < 4.78 is 0. The summed E-state index contributed by atoms with van der Waals surface area (Å²) in [7, 11) is 0. The summed E-state index contributed by atoms with van der Waals surface area (Å²) in [6.07, 6.45) is 0. The van der Waals surface area contributed by atoms with Crippen LogP contribution >= 0.6 is 0 Å². The van der Waals surface area contributed by atoms with E-state index in [-0.39, 0.29) is 0 Å². The Morgan fingerprint density at radius 2 is 1.94 bits per heavy atom. The molecule has 2 heteroatoms. The molecule has 0 saturated heterocycles. The second-order valence-corrected chi connectivity index (χ2v) is 4.80. The normalized spacial score (nSPS) is 13.6. The summed E-state index contributed by atoms with van der Waals surface area (Å²) >= 11 is 0. The maximum absolute atomic E-state index is 5.88. The quantitative estimate of drug-likeness (QED) is 0.813. The number of aromatic amines is 1. The molecular formula is C14H20N2. The van der Waals surface area contributed by atoms with Crippen LogP contribution in [0, 0.1) is 12.8 Å². The molecule has 0 aliphatic rings. The zero-order valence-corrected chi connectivity index (χ0v) is 10.2. The van der Waals surface area contributed by atoms with Gasteiger partial charge in [-0.05, 0) is 24.5 Å². The summed E-state index contributed by atoms with van der Waals surface area (Å²) in [4.78, 5) is 3.52. The highest BCUT2D eigenvalue weighted by Crippen LogP contribution is 2.30. The Morgan fingerprint density at radius 1 is 1.25 bits per heavy atom. The van der Waals surface area contributed by atoms with E-state index in [1.54, 1.807) is 0 Å². The van der Waals surface area contributed by atoms with Crippen LogP contribution in [0.3, 0.4) is 0 Å². The van der Waals surface area contributed by atoms with Crippen molar-refractivity contribution >= 4 is 10.9 Å². The molecule has 0 radical (unpaired) electrons. The van der Waals surface area contributed by atoms with Gasteiger partial charge in [0.15, 0.2) is 0 Å². The number of nitrogens with two attached hydrogens (primary N) is 1. The summed E-state index contributed by atoms with van der Waals surface area (Å²) in [5.41, 5.74) is 9.74. The van der Waals surface area contributed by atoms with Gasteiger partial charge in [-0.1, -0.05) is 32.0 Å². The molecule has 2 rings (SSSR count). The van der Waals surface area contributed by atoms with Crippen molar-refractivity contribution in [1.82, 2.24) is 4.98 Å². The third-order valence-corrected chi connectivity index (χ3v) is 3.43. The van der Waals surface area contributed by atoms with Crippen LogP contribution in [0.1, 0.15) is 31.0 Å². The van der Waals surface area contributed by atoms with Crippen LogP contribution in [0.5, 0.6) is 0 Å². The van der Waals surface area contributed by atoms with Gasteiger partial charge in [0, 0.05) is 29.1 Å². The predicted octanol–water partition coefficient (Wildman–Crippen LogP) is 3.17. The van der Waals surface area contributed by atoms with Gasteiger partial charge in [-0.3, -0.25) is 0 Å². The molecule has 3 N–H and O–H groups in total. The second-order valence-electron chi connectivity index (χ2n) is 4.80. The minimum atomic E-state index is 0.424. The Morgan fingerprint density at radius 3 is 2.50 bits per heavy atom. The Labute approximate surface area is 96.9 Å². The minimum absolute atomic E-state index is 0.424. The van der Waals surface area contributed by atoms with Crippen molar-refractivity contribution in [3.63, 3.8) is 0 Å². The van der Waals surface area contributed by atoms with Crippen molar-refractivity contribution in [2.24, 2.45) is 11.7 Å². The van der Waals surface area contributed by atoms with Crippen molar-refractivity contribution in [3.8, 4) is 0 Å². The lowest BCUT2D eigenvalue weighted by Crippen LogP contribution is -2.18. The first-order chi connectivity index (χ1) is 7.65. The molecule has 0 aliphatic carbocycles. The maximum Gasteiger partial charge on any atom is 0.0458 e. The molecule has 16 heavy (non-hydrogen) atoms. The summed E-state index contributed by atoms with van der Waals surface area (Å²) in [5, 5.41) is 1.32. The third kappa shape index (κ3) is 1.74. The second kappa shape index (κ2) is 4.30. The van der Waals surface area contributed by atoms with Crippen LogP contribution in [0.4, 0.5) is 0 Å². The molecule has 1 unspecified atom stereocenters. The molecule has 1 atom stereocenters. The number of H-pyrrole nitrogens is 1. The van der Waals surface area contributed by atoms with Crippen LogP contribution in [0.15, 0.2) is 24.3 Å². The molecule has 86 valence electrons. The number of aromatic nitrogens is 1. The van der Waals surface area contributed by atoms with Gasteiger partial charge in [0.1, 0.15) is 0 Å². The predicted molar refractivity (Wildman–Crippen MR) is 69.7 cm³/mol. The molecule has 1 heterocycles. The number of rotatable bonds is 3. The molecule has 0 amide bonds. The Bertz CT molecular complexity index is 482. The van der Waals surface area contributed by atoms with E-state index in [2.05, 4.69) is 50.0 Å². The molecular weight excluding hydrogens is 196 g/mol. The van der Waals surface area contributed by atoms with Crippen LogP contribution in [0.25, 0.3) is 10.9 Å². The molecule has 2 nitrogen and oxygen atoms in total. The maximum atomic E-state index is 5.88. The van der Waals surface area contributed by atoms with Gasteiger partial charge in [-0.15, -0.1) is 0 Å². The minimum Gasteiger partial charge on any atom is -0.358 e. The van der Waals surface area contributed by atoms with Crippen LogP contribution in [0.2, 0.25) is 0 Å². The number of benzene rings is 1. The first-order valence-corrected chi connectivity index (χ1v) is 5.92. The Hall–Kier alpha value is -1.28. The summed E-state index contributed by atoms with van der Waals surface area (Å²) in [6.45, 7) is 7.33. The highest BCUT2D eigenvalue weighted by Gasteiger charge is 2.19. The van der Waals surface area contributed by atoms with E-state index in [0.29, 0.717) is 18.4 Å². The van der Waals surface area contributed by atoms with Gasteiger partial charge < -0.3 is 10.7 Å². The molecule has 0 aliphatic heterocycles. The number of nitrogens with one attached hydrogen (secondary N) is 1. The van der Waals surface area contributed by atoms with Crippen molar-refractivity contribution in [2.45, 2.75) is 26.7 Å². The number of aryl methyl sites for hydroxylation is 1. The van der Waals surface area contributed by atoms with Crippen molar-refractivity contribution in [3.05, 3.63) is 35.5 Å². The highest BCUT2D eigenvalue weighted by molar-refractivity contribution is 5.84. The molecule has 2 aromatic rings. The number of para-hydroxylation sites is 1. The first-order valence-electron chi connectivity index (χ1n) is 5.92. The molecule has 0 bridgehead atoms. The van der Waals surface area contributed by atoms with Gasteiger partial charge in [0.2, 0.25) is 0 Å². The monoisotopic (exact) mass is 216 g/mol. The highest BCUT2D eigenvalue weighted by atomic mass is 14.7. The van der Waals surface area contributed by atoms with Crippen molar-refractivity contribution < 1.29 is 0 Å². The molecule has 0 saturated carbocycles. The number of hydrogen-bond donors (Lipinski definition) is 2. The van der Waals surface area contributed by atoms with Gasteiger partial charge in [-0.25, -0.2) is 0 Å². The fourth-order valence-corrected chi connectivity index (χ4v) is 2.40. The van der Waals surface area contributed by atoms with Gasteiger partial charge in [0.25, 0.3) is 0 Å². The number of fused-ring (bicyclic) bond motifs is 1. The molecule has 0 fully saturated rings. The van der Waals surface area contributed by atoms with Crippen LogP contribution in [-0.2, 0) is 0 Å². The molecule has 1 aromatic heterocycles. The average Bonchev–Trinajstić information content (AvgIpc) is 2.58. The van der Waals surface area contributed by atoms with Gasteiger partial charge >= 0.3 is 0 Å². The lowest BCUT2D eigenvalue weighted by molar-refractivity contribution is 0.496. The van der Waals surface area contributed by atoms with E-state index in [4.69, 9.17) is 5.73 Å². The van der Waals surface area contributed by atoms with E-state index < -0.39 is 0 Å². The van der Waals surface area contributed by atoms with Crippen LogP contribution < -0.4 is 5.73 Å². The summed E-state index contributed by atoms with van der Waals surface area (Å²) in [6, 6.07) is 8.44. The lowest BCUT2D eigenvalue weighted by Gasteiger charge is -2.18. The van der Waals surface area contributed by atoms with E-state index in [9.17, 15) is 0 Å². The first kappa shape index (κ1) is 11.2. The van der Waals surface area contributed by atoms with Crippen molar-refractivity contribution in [2.75, 3.05) is 6.54 Å². The van der Waals surface area contributed by atoms with Crippen LogP contribution in [-0.4, -0.2) is 11.5 Å². The SMILES string of the molecule is Cc1c(C(CN)C(C)C)[nH]c2ccccc12. The zero-order valence-electron chi connectivity index (χ0n) is 10.2. The van der Waals surface area contributed by atoms with Gasteiger partial charge in [-0.2, -0.15) is 0 Å². The van der Waals surface area contributed by atoms with Crippen molar-refractivity contribution in [1.29, 1.82) is 0 Å². The smallest absolute Gasteiger partial charge is 0.0458 e. The van der Waals surface area contributed by atoms with E-state index in [1.165, 1.54) is 22.2 Å². The average molecular weight is 216 g/mol. The standard InChI is InChI=1S/C14H20N2/c1-9(2)12(8-15)14-10(3)11-6-4-5-7-13(11)16-14/h4-7,9,12,16H,8,15H2,1-3H3. The molecule has 1 aromatic carbocycles. The fraction of sp³-hybridized carbons (Fsp3) is 0.429. The van der Waals surface area contributed by atoms with E-state index in [1.807, 2.05) is 0 Å².